The number of piperazine rings is 1. The lowest BCUT2D eigenvalue weighted by molar-refractivity contribution is -0.376. The van der Waals surface area contributed by atoms with E-state index in [1.54, 1.807) is 38.1 Å². The molecular weight excluding hydrogens is 620 g/mol. The maximum absolute atomic E-state index is 13.5. The number of hydrazine groups is 1. The molecule has 254 valence electrons. The highest BCUT2D eigenvalue weighted by atomic mass is 19.4. The first-order valence-electron chi connectivity index (χ1n) is 15.0. The van der Waals surface area contributed by atoms with Crippen molar-refractivity contribution in [3.8, 4) is 5.75 Å². The SMILES string of the molecule is CCCc1cc(C(O)(C(F)(F)F)C(F)(F)F)ccc1N1CCN(CCN2C(=O)N(N)C(C)(c3ccc(OC(C)C)cc3)C2=O)CC1. The van der Waals surface area contributed by atoms with Crippen LogP contribution in [0.2, 0.25) is 0 Å². The van der Waals surface area contributed by atoms with Gasteiger partial charge in [-0.05, 0) is 56.5 Å². The highest BCUT2D eigenvalue weighted by Gasteiger charge is 2.71. The van der Waals surface area contributed by atoms with Gasteiger partial charge in [-0.3, -0.25) is 14.6 Å². The summed E-state index contributed by atoms with van der Waals surface area (Å²) in [5.41, 5.74) is -6.41. The highest BCUT2D eigenvalue weighted by Crippen LogP contribution is 2.50. The first-order chi connectivity index (χ1) is 21.4. The van der Waals surface area contributed by atoms with Crippen molar-refractivity contribution >= 4 is 17.6 Å². The van der Waals surface area contributed by atoms with Crippen LogP contribution in [0.4, 0.5) is 36.8 Å². The molecule has 46 heavy (non-hydrogen) atoms. The highest BCUT2D eigenvalue weighted by molar-refractivity contribution is 6.06. The third kappa shape index (κ3) is 6.36. The Balaban J connectivity index is 1.42. The molecule has 0 bridgehead atoms. The fraction of sp³-hybridized carbons (Fsp3) is 0.548. The van der Waals surface area contributed by atoms with Gasteiger partial charge in [0.2, 0.25) is 0 Å². The van der Waals surface area contributed by atoms with Gasteiger partial charge in [0.1, 0.15) is 5.75 Å². The summed E-state index contributed by atoms with van der Waals surface area (Å²) in [5.74, 6) is 6.27. The summed E-state index contributed by atoms with van der Waals surface area (Å²) < 4.78 is 86.6. The standard InChI is InChI=1S/C31H39F6N5O4/c1-5-6-21-19-23(29(45,30(32,33)34)31(35,36)37)9-12-25(21)40-16-13-39(14-17-40)15-18-41-26(43)28(4,42(38)27(41)44)22-7-10-24(11-8-22)46-20(2)3/h7-12,19-20,45H,5-6,13-18,38H2,1-4H3. The Labute approximate surface area is 263 Å². The molecule has 2 heterocycles. The van der Waals surface area contributed by atoms with Gasteiger partial charge < -0.3 is 14.7 Å². The predicted molar refractivity (Wildman–Crippen MR) is 158 cm³/mol. The van der Waals surface area contributed by atoms with E-state index in [1.165, 1.54) is 6.07 Å². The molecule has 2 aromatic rings. The van der Waals surface area contributed by atoms with Crippen LogP contribution in [0.3, 0.4) is 0 Å². The molecule has 0 aliphatic carbocycles. The molecular formula is C31H39F6N5O4. The van der Waals surface area contributed by atoms with Gasteiger partial charge in [-0.2, -0.15) is 26.3 Å². The van der Waals surface area contributed by atoms with Crippen molar-refractivity contribution in [3.05, 3.63) is 59.2 Å². The van der Waals surface area contributed by atoms with E-state index in [2.05, 4.69) is 0 Å². The Hall–Kier alpha value is -3.56. The Kier molecular flexibility index (Phi) is 9.91. The Morgan fingerprint density at radius 2 is 1.52 bits per heavy atom. The predicted octanol–water partition coefficient (Wildman–Crippen LogP) is 4.91. The lowest BCUT2D eigenvalue weighted by Gasteiger charge is -2.38. The second kappa shape index (κ2) is 12.9. The molecule has 3 N–H and O–H groups in total. The topological polar surface area (TPSA) is 103 Å². The van der Waals surface area contributed by atoms with E-state index in [0.29, 0.717) is 62.2 Å². The van der Waals surface area contributed by atoms with Crippen LogP contribution in [0.5, 0.6) is 5.75 Å². The summed E-state index contributed by atoms with van der Waals surface area (Å²) in [6.07, 6.45) is -11.3. The number of hydrogen-bond donors (Lipinski definition) is 2. The molecule has 0 radical (unpaired) electrons. The molecule has 2 fully saturated rings. The smallest absolute Gasteiger partial charge is 0.430 e. The van der Waals surface area contributed by atoms with Crippen molar-refractivity contribution in [2.45, 2.75) is 70.1 Å². The minimum Gasteiger partial charge on any atom is -0.491 e. The number of aliphatic hydroxyl groups is 1. The molecule has 2 aliphatic rings. The summed E-state index contributed by atoms with van der Waals surface area (Å²) in [5, 5.41) is 10.8. The van der Waals surface area contributed by atoms with Crippen molar-refractivity contribution in [2.75, 3.05) is 44.2 Å². The van der Waals surface area contributed by atoms with Gasteiger partial charge in [0.15, 0.2) is 5.54 Å². The van der Waals surface area contributed by atoms with Gasteiger partial charge in [0, 0.05) is 50.5 Å². The normalized spacial score (nSPS) is 20.3. The van der Waals surface area contributed by atoms with E-state index in [1.807, 2.05) is 23.6 Å². The first-order valence-corrected chi connectivity index (χ1v) is 15.0. The number of aryl methyl sites for hydroxylation is 1. The number of halogens is 6. The second-order valence-electron chi connectivity index (χ2n) is 12.0. The zero-order chi connectivity index (χ0) is 34.2. The summed E-state index contributed by atoms with van der Waals surface area (Å²) in [4.78, 5) is 31.5. The molecule has 4 rings (SSSR count). The Morgan fingerprint density at radius 1 is 0.935 bits per heavy atom. The Bertz CT molecular complexity index is 1400. The van der Waals surface area contributed by atoms with E-state index in [-0.39, 0.29) is 24.6 Å². The number of hydrogen-bond acceptors (Lipinski definition) is 7. The number of nitrogens with two attached hydrogens (primary N) is 1. The Morgan fingerprint density at radius 3 is 2.04 bits per heavy atom. The van der Waals surface area contributed by atoms with Gasteiger partial charge >= 0.3 is 18.4 Å². The molecule has 0 aromatic heterocycles. The van der Waals surface area contributed by atoms with Crippen molar-refractivity contribution in [3.63, 3.8) is 0 Å². The number of urea groups is 1. The molecule has 2 aromatic carbocycles. The van der Waals surface area contributed by atoms with E-state index in [9.17, 15) is 41.0 Å². The molecule has 1 unspecified atom stereocenters. The molecule has 2 saturated heterocycles. The minimum atomic E-state index is -5.97. The minimum absolute atomic E-state index is 0.0403. The molecule has 0 saturated carbocycles. The van der Waals surface area contributed by atoms with Gasteiger partial charge in [-0.15, -0.1) is 0 Å². The quantitative estimate of drug-likeness (QED) is 0.162. The molecule has 2 aliphatic heterocycles. The van der Waals surface area contributed by atoms with E-state index in [4.69, 9.17) is 10.6 Å². The van der Waals surface area contributed by atoms with Crippen LogP contribution in [-0.2, 0) is 22.4 Å². The number of imide groups is 1. The lowest BCUT2D eigenvalue weighted by Crippen LogP contribution is -2.54. The maximum Gasteiger partial charge on any atom is 0.430 e. The average molecular weight is 660 g/mol. The summed E-state index contributed by atoms with van der Waals surface area (Å²) in [7, 11) is 0. The number of carbonyl (C=O) groups excluding carboxylic acids is 2. The van der Waals surface area contributed by atoms with Crippen LogP contribution in [0.15, 0.2) is 42.5 Å². The summed E-state index contributed by atoms with van der Waals surface area (Å²) in [6, 6.07) is 8.81. The van der Waals surface area contributed by atoms with Crippen molar-refractivity contribution in [2.24, 2.45) is 5.84 Å². The van der Waals surface area contributed by atoms with E-state index in [0.717, 1.165) is 16.0 Å². The van der Waals surface area contributed by atoms with Crippen LogP contribution in [0.1, 0.15) is 50.8 Å². The number of alkyl halides is 6. The molecule has 3 amide bonds. The monoisotopic (exact) mass is 659 g/mol. The number of ether oxygens (including phenoxy) is 1. The number of anilines is 1. The number of amides is 3. The number of benzene rings is 2. The van der Waals surface area contributed by atoms with Gasteiger partial charge in [-0.25, -0.2) is 15.6 Å². The second-order valence-corrected chi connectivity index (χ2v) is 12.0. The zero-order valence-electron chi connectivity index (χ0n) is 26.1. The van der Waals surface area contributed by atoms with Crippen LogP contribution < -0.4 is 15.5 Å². The summed E-state index contributed by atoms with van der Waals surface area (Å²) in [6.45, 7) is 9.21. The third-order valence-electron chi connectivity index (χ3n) is 8.56. The van der Waals surface area contributed by atoms with Crippen molar-refractivity contribution in [1.82, 2.24) is 14.8 Å². The first kappa shape index (κ1) is 35.3. The fourth-order valence-electron chi connectivity index (χ4n) is 5.89. The average Bonchev–Trinajstić information content (AvgIpc) is 3.15. The van der Waals surface area contributed by atoms with E-state index < -0.39 is 41.0 Å². The van der Waals surface area contributed by atoms with Crippen LogP contribution in [0, 0.1) is 0 Å². The largest absolute Gasteiger partial charge is 0.491 e. The van der Waals surface area contributed by atoms with Crippen LogP contribution in [0.25, 0.3) is 0 Å². The molecule has 0 spiro atoms. The summed E-state index contributed by atoms with van der Waals surface area (Å²) >= 11 is 0. The van der Waals surface area contributed by atoms with Gasteiger partial charge in [0.05, 0.1) is 6.10 Å². The van der Waals surface area contributed by atoms with Gasteiger partial charge in [0.25, 0.3) is 11.5 Å². The van der Waals surface area contributed by atoms with Crippen LogP contribution >= 0.6 is 0 Å². The zero-order valence-corrected chi connectivity index (χ0v) is 26.1. The fourth-order valence-corrected chi connectivity index (χ4v) is 5.89. The van der Waals surface area contributed by atoms with Gasteiger partial charge in [-0.1, -0.05) is 37.6 Å². The number of nitrogens with zero attached hydrogens (tertiary/aromatic N) is 4. The molecule has 15 heteroatoms. The van der Waals surface area contributed by atoms with E-state index >= 15 is 0 Å². The van der Waals surface area contributed by atoms with Crippen molar-refractivity contribution < 1.29 is 45.8 Å². The molecule has 1 atom stereocenters. The lowest BCUT2D eigenvalue weighted by atomic mass is 9.89. The number of rotatable bonds is 10. The maximum atomic E-state index is 13.5. The molecule has 9 nitrogen and oxygen atoms in total. The van der Waals surface area contributed by atoms with Crippen molar-refractivity contribution in [1.29, 1.82) is 0 Å². The third-order valence-corrected chi connectivity index (χ3v) is 8.56. The number of carbonyl (C=O) groups is 2. The van der Waals surface area contributed by atoms with Crippen LogP contribution in [-0.4, -0.2) is 89.6 Å².